The monoisotopic (exact) mass is 254 g/mol. The van der Waals surface area contributed by atoms with Crippen LogP contribution in [0.25, 0.3) is 0 Å². The molecule has 0 spiro atoms. The molecule has 0 amide bonds. The van der Waals surface area contributed by atoms with Crippen LogP contribution < -0.4 is 11.1 Å². The maximum atomic E-state index is 13.7. The van der Waals surface area contributed by atoms with Crippen molar-refractivity contribution in [3.63, 3.8) is 0 Å². The van der Waals surface area contributed by atoms with Gasteiger partial charge in [-0.15, -0.1) is 0 Å². The maximum Gasteiger partial charge on any atom is 0.163 e. The summed E-state index contributed by atoms with van der Waals surface area (Å²) in [7, 11) is 0. The lowest BCUT2D eigenvalue weighted by molar-refractivity contribution is 0.412. The van der Waals surface area contributed by atoms with Crippen molar-refractivity contribution < 1.29 is 8.78 Å². The zero-order chi connectivity index (χ0) is 13.1. The minimum Gasteiger partial charge on any atom is -0.329 e. The largest absolute Gasteiger partial charge is 0.329 e. The van der Waals surface area contributed by atoms with E-state index in [-0.39, 0.29) is 12.6 Å². The molecule has 0 aliphatic heterocycles. The molecule has 0 heterocycles. The number of benzene rings is 1. The summed E-state index contributed by atoms with van der Waals surface area (Å²) < 4.78 is 26.9. The molecule has 1 fully saturated rings. The molecule has 3 atom stereocenters. The van der Waals surface area contributed by atoms with Crippen LogP contribution in [0.3, 0.4) is 0 Å². The molecule has 1 saturated carbocycles. The molecule has 1 aromatic rings. The van der Waals surface area contributed by atoms with Crippen molar-refractivity contribution in [1.82, 2.24) is 5.32 Å². The summed E-state index contributed by atoms with van der Waals surface area (Å²) in [6.45, 7) is 2.48. The molecule has 1 aliphatic carbocycles. The zero-order valence-electron chi connectivity index (χ0n) is 10.6. The van der Waals surface area contributed by atoms with Gasteiger partial charge in [-0.05, 0) is 31.2 Å². The van der Waals surface area contributed by atoms with Gasteiger partial charge in [-0.2, -0.15) is 0 Å². The summed E-state index contributed by atoms with van der Waals surface area (Å²) in [6.07, 6.45) is 3.34. The average molecular weight is 254 g/mol. The molecule has 0 radical (unpaired) electrons. The lowest BCUT2D eigenvalue weighted by atomic mass is 10.0. The fourth-order valence-electron chi connectivity index (χ4n) is 2.72. The Morgan fingerprint density at radius 1 is 1.39 bits per heavy atom. The minimum atomic E-state index is -0.812. The predicted octanol–water partition coefficient (Wildman–Crippen LogP) is 2.74. The lowest BCUT2D eigenvalue weighted by Gasteiger charge is -2.22. The SMILES string of the molecule is CC1CCC(NC(CN)c2cccc(F)c2F)C1. The second-order valence-electron chi connectivity index (χ2n) is 5.21. The van der Waals surface area contributed by atoms with E-state index in [0.29, 0.717) is 17.5 Å². The third kappa shape index (κ3) is 2.87. The molecule has 4 heteroatoms. The summed E-state index contributed by atoms with van der Waals surface area (Å²) in [5.41, 5.74) is 6.02. The van der Waals surface area contributed by atoms with Crippen LogP contribution in [-0.4, -0.2) is 12.6 Å². The molecule has 3 N–H and O–H groups in total. The van der Waals surface area contributed by atoms with E-state index in [1.54, 1.807) is 6.07 Å². The van der Waals surface area contributed by atoms with Gasteiger partial charge in [0.15, 0.2) is 11.6 Å². The summed E-state index contributed by atoms with van der Waals surface area (Å²) in [4.78, 5) is 0. The molecule has 1 aromatic carbocycles. The normalized spacial score (nSPS) is 25.3. The Morgan fingerprint density at radius 2 is 2.17 bits per heavy atom. The Morgan fingerprint density at radius 3 is 2.78 bits per heavy atom. The first-order valence-electron chi connectivity index (χ1n) is 6.51. The Labute approximate surface area is 107 Å². The molecule has 1 aliphatic rings. The molecular formula is C14H20F2N2. The van der Waals surface area contributed by atoms with Gasteiger partial charge in [0.25, 0.3) is 0 Å². The van der Waals surface area contributed by atoms with Crippen LogP contribution in [0.1, 0.15) is 37.8 Å². The van der Waals surface area contributed by atoms with E-state index in [9.17, 15) is 8.78 Å². The number of halogens is 2. The quantitative estimate of drug-likeness (QED) is 0.867. The smallest absolute Gasteiger partial charge is 0.163 e. The van der Waals surface area contributed by atoms with E-state index in [4.69, 9.17) is 5.73 Å². The van der Waals surface area contributed by atoms with Crippen LogP contribution in [0.5, 0.6) is 0 Å². The first kappa shape index (κ1) is 13.4. The average Bonchev–Trinajstić information content (AvgIpc) is 2.76. The molecule has 2 nitrogen and oxygen atoms in total. The van der Waals surface area contributed by atoms with E-state index < -0.39 is 11.6 Å². The summed E-state index contributed by atoms with van der Waals surface area (Å²) >= 11 is 0. The molecule has 0 saturated heterocycles. The highest BCUT2D eigenvalue weighted by Crippen LogP contribution is 2.27. The van der Waals surface area contributed by atoms with Gasteiger partial charge in [-0.25, -0.2) is 8.78 Å². The van der Waals surface area contributed by atoms with Crippen molar-refractivity contribution in [2.24, 2.45) is 11.7 Å². The first-order valence-corrected chi connectivity index (χ1v) is 6.51. The first-order chi connectivity index (χ1) is 8.61. The molecular weight excluding hydrogens is 234 g/mol. The topological polar surface area (TPSA) is 38.0 Å². The minimum absolute atomic E-state index is 0.269. The third-order valence-corrected chi connectivity index (χ3v) is 3.72. The van der Waals surface area contributed by atoms with E-state index in [1.165, 1.54) is 12.5 Å². The van der Waals surface area contributed by atoms with Crippen molar-refractivity contribution in [3.05, 3.63) is 35.4 Å². The summed E-state index contributed by atoms with van der Waals surface area (Å²) in [5, 5.41) is 3.35. The number of hydrogen-bond donors (Lipinski definition) is 2. The van der Waals surface area contributed by atoms with Crippen LogP contribution in [0.15, 0.2) is 18.2 Å². The van der Waals surface area contributed by atoms with Gasteiger partial charge in [-0.1, -0.05) is 19.1 Å². The van der Waals surface area contributed by atoms with E-state index in [2.05, 4.69) is 12.2 Å². The molecule has 0 bridgehead atoms. The molecule has 2 rings (SSSR count). The van der Waals surface area contributed by atoms with Crippen LogP contribution in [0, 0.1) is 17.6 Å². The van der Waals surface area contributed by atoms with Crippen molar-refractivity contribution in [2.75, 3.05) is 6.54 Å². The predicted molar refractivity (Wildman–Crippen MR) is 68.1 cm³/mol. The van der Waals surface area contributed by atoms with Crippen LogP contribution in [0.4, 0.5) is 8.78 Å². The van der Waals surface area contributed by atoms with Gasteiger partial charge >= 0.3 is 0 Å². The molecule has 3 unspecified atom stereocenters. The van der Waals surface area contributed by atoms with Gasteiger partial charge in [-0.3, -0.25) is 0 Å². The maximum absolute atomic E-state index is 13.7. The third-order valence-electron chi connectivity index (χ3n) is 3.72. The Balaban J connectivity index is 2.10. The molecule has 18 heavy (non-hydrogen) atoms. The van der Waals surface area contributed by atoms with Crippen LogP contribution in [0.2, 0.25) is 0 Å². The second kappa shape index (κ2) is 5.76. The zero-order valence-corrected chi connectivity index (χ0v) is 10.6. The van der Waals surface area contributed by atoms with Gasteiger partial charge < -0.3 is 11.1 Å². The highest BCUT2D eigenvalue weighted by atomic mass is 19.2. The van der Waals surface area contributed by atoms with Crippen molar-refractivity contribution in [3.8, 4) is 0 Å². The number of nitrogens with two attached hydrogens (primary N) is 1. The highest BCUT2D eigenvalue weighted by molar-refractivity contribution is 5.23. The van der Waals surface area contributed by atoms with E-state index >= 15 is 0 Å². The van der Waals surface area contributed by atoms with Crippen LogP contribution >= 0.6 is 0 Å². The lowest BCUT2D eigenvalue weighted by Crippen LogP contribution is -2.36. The summed E-state index contributed by atoms with van der Waals surface area (Å²) in [6, 6.07) is 4.30. The number of nitrogens with one attached hydrogen (secondary N) is 1. The van der Waals surface area contributed by atoms with Gasteiger partial charge in [0, 0.05) is 24.2 Å². The van der Waals surface area contributed by atoms with Crippen molar-refractivity contribution in [2.45, 2.75) is 38.3 Å². The van der Waals surface area contributed by atoms with Gasteiger partial charge in [0.1, 0.15) is 0 Å². The Kier molecular flexibility index (Phi) is 4.30. The number of rotatable bonds is 4. The molecule has 100 valence electrons. The second-order valence-corrected chi connectivity index (χ2v) is 5.21. The fourth-order valence-corrected chi connectivity index (χ4v) is 2.72. The Hall–Kier alpha value is -1.00. The highest BCUT2D eigenvalue weighted by Gasteiger charge is 2.25. The molecule has 0 aromatic heterocycles. The van der Waals surface area contributed by atoms with Gasteiger partial charge in [0.2, 0.25) is 0 Å². The van der Waals surface area contributed by atoms with Crippen LogP contribution in [-0.2, 0) is 0 Å². The fraction of sp³-hybridized carbons (Fsp3) is 0.571. The van der Waals surface area contributed by atoms with Crippen molar-refractivity contribution >= 4 is 0 Å². The number of hydrogen-bond acceptors (Lipinski definition) is 2. The van der Waals surface area contributed by atoms with Crippen molar-refractivity contribution in [1.29, 1.82) is 0 Å². The standard InChI is InChI=1S/C14H20F2N2/c1-9-5-6-10(7-9)18-13(8-17)11-3-2-4-12(15)14(11)16/h2-4,9-10,13,18H,5-8,17H2,1H3. The Bertz CT molecular complexity index is 409. The summed E-state index contributed by atoms with van der Waals surface area (Å²) in [5.74, 6) is -0.905. The van der Waals surface area contributed by atoms with Gasteiger partial charge in [0.05, 0.1) is 0 Å². The van der Waals surface area contributed by atoms with E-state index in [0.717, 1.165) is 18.9 Å². The van der Waals surface area contributed by atoms with E-state index in [1.807, 2.05) is 0 Å².